The molecule has 2 aromatic heterocycles. The molecule has 0 amide bonds. The predicted molar refractivity (Wildman–Crippen MR) is 71.0 cm³/mol. The van der Waals surface area contributed by atoms with Crippen LogP contribution < -0.4 is 22.5 Å². The summed E-state index contributed by atoms with van der Waals surface area (Å²) in [7, 11) is 1.45. The van der Waals surface area contributed by atoms with Crippen molar-refractivity contribution in [3.8, 4) is 0 Å². The monoisotopic (exact) mass is 396 g/mol. The SMILES string of the molecule is Cn1nc(Br)c(=O)[nH]c1=O.O=c1[nH]nc(Br)c(=O)[nH]1. The van der Waals surface area contributed by atoms with Crippen LogP contribution in [-0.2, 0) is 7.05 Å². The molecule has 102 valence electrons. The van der Waals surface area contributed by atoms with Crippen LogP contribution in [0.25, 0.3) is 0 Å². The summed E-state index contributed by atoms with van der Waals surface area (Å²) in [4.78, 5) is 45.9. The number of aryl methyl sites for hydroxylation is 1. The van der Waals surface area contributed by atoms with Crippen LogP contribution in [0.15, 0.2) is 28.4 Å². The van der Waals surface area contributed by atoms with Gasteiger partial charge in [0.05, 0.1) is 0 Å². The predicted octanol–water partition coefficient (Wildman–Crippen LogP) is -1.55. The van der Waals surface area contributed by atoms with Crippen molar-refractivity contribution >= 4 is 31.9 Å². The Kier molecular flexibility index (Phi) is 5.11. The molecule has 19 heavy (non-hydrogen) atoms. The fourth-order valence-corrected chi connectivity index (χ4v) is 1.31. The van der Waals surface area contributed by atoms with Gasteiger partial charge in [-0.25, -0.2) is 19.4 Å². The van der Waals surface area contributed by atoms with Gasteiger partial charge in [-0.15, -0.1) is 0 Å². The zero-order valence-electron chi connectivity index (χ0n) is 9.23. The van der Waals surface area contributed by atoms with Gasteiger partial charge >= 0.3 is 11.4 Å². The molecular weight excluding hydrogens is 392 g/mol. The Bertz CT molecular complexity index is 771. The smallest absolute Gasteiger partial charge is 0.271 e. The third kappa shape index (κ3) is 4.40. The van der Waals surface area contributed by atoms with Crippen LogP contribution in [0, 0.1) is 0 Å². The highest BCUT2D eigenvalue weighted by atomic mass is 79.9. The maximum atomic E-state index is 10.6. The van der Waals surface area contributed by atoms with Gasteiger partial charge in [0.1, 0.15) is 0 Å². The van der Waals surface area contributed by atoms with Crippen molar-refractivity contribution in [3.63, 3.8) is 0 Å². The molecule has 0 aromatic carbocycles. The van der Waals surface area contributed by atoms with Crippen LogP contribution in [0.3, 0.4) is 0 Å². The summed E-state index contributed by atoms with van der Waals surface area (Å²) in [6.07, 6.45) is 0. The second kappa shape index (κ2) is 6.38. The Balaban J connectivity index is 0.000000191. The van der Waals surface area contributed by atoms with E-state index in [-0.39, 0.29) is 9.21 Å². The Morgan fingerprint density at radius 2 is 1.58 bits per heavy atom. The average molecular weight is 398 g/mol. The molecule has 0 atom stereocenters. The van der Waals surface area contributed by atoms with Crippen LogP contribution in [-0.4, -0.2) is 29.9 Å². The number of rotatable bonds is 0. The normalized spacial score (nSPS) is 9.63. The second-order valence-corrected chi connectivity index (χ2v) is 4.47. The largest absolute Gasteiger partial charge is 0.344 e. The van der Waals surface area contributed by atoms with Gasteiger partial charge in [-0.1, -0.05) is 0 Å². The molecule has 0 saturated carbocycles. The van der Waals surface area contributed by atoms with Gasteiger partial charge in [-0.3, -0.25) is 19.6 Å². The number of hydrogen-bond acceptors (Lipinski definition) is 6. The fourth-order valence-electron chi connectivity index (χ4n) is 0.785. The maximum Gasteiger partial charge on any atom is 0.344 e. The van der Waals surface area contributed by atoms with Gasteiger partial charge < -0.3 is 0 Å². The summed E-state index contributed by atoms with van der Waals surface area (Å²) >= 11 is 5.67. The van der Waals surface area contributed by atoms with E-state index in [1.165, 1.54) is 7.05 Å². The molecule has 0 unspecified atom stereocenters. The van der Waals surface area contributed by atoms with Crippen LogP contribution in [0.5, 0.6) is 0 Å². The minimum atomic E-state index is -0.608. The lowest BCUT2D eigenvalue weighted by Gasteiger charge is -1.92. The molecule has 0 fully saturated rings. The van der Waals surface area contributed by atoms with E-state index in [0.717, 1.165) is 4.68 Å². The van der Waals surface area contributed by atoms with Crippen molar-refractivity contribution in [3.05, 3.63) is 50.9 Å². The molecule has 0 aliphatic rings. The number of aromatic nitrogens is 6. The van der Waals surface area contributed by atoms with Crippen LogP contribution >= 0.6 is 31.9 Å². The number of aromatic amines is 3. The van der Waals surface area contributed by atoms with Crippen LogP contribution in [0.2, 0.25) is 0 Å². The molecule has 2 aromatic rings. The van der Waals surface area contributed by atoms with Crippen molar-refractivity contribution in [1.82, 2.24) is 29.9 Å². The molecule has 0 bridgehead atoms. The lowest BCUT2D eigenvalue weighted by atomic mass is 10.8. The Labute approximate surface area is 120 Å². The first-order chi connectivity index (χ1) is 8.81. The lowest BCUT2D eigenvalue weighted by molar-refractivity contribution is 0.654. The molecule has 0 radical (unpaired) electrons. The molecule has 10 nitrogen and oxygen atoms in total. The summed E-state index contributed by atoms with van der Waals surface area (Å²) < 4.78 is 1.21. The fraction of sp³-hybridized carbons (Fsp3) is 0.143. The summed E-state index contributed by atoms with van der Waals surface area (Å²) in [5.74, 6) is 0. The molecule has 2 rings (SSSR count). The zero-order valence-corrected chi connectivity index (χ0v) is 12.4. The van der Waals surface area contributed by atoms with E-state index in [9.17, 15) is 19.2 Å². The van der Waals surface area contributed by atoms with E-state index < -0.39 is 22.5 Å². The van der Waals surface area contributed by atoms with E-state index in [1.54, 1.807) is 0 Å². The quantitative estimate of drug-likeness (QED) is 0.490. The van der Waals surface area contributed by atoms with E-state index in [2.05, 4.69) is 42.1 Å². The molecule has 2 heterocycles. The number of nitrogens with one attached hydrogen (secondary N) is 3. The van der Waals surface area contributed by atoms with E-state index in [0.29, 0.717) is 0 Å². The molecule has 0 spiro atoms. The molecule has 0 saturated heterocycles. The van der Waals surface area contributed by atoms with Gasteiger partial charge in [-0.05, 0) is 31.9 Å². The average Bonchev–Trinajstić information content (AvgIpc) is 2.33. The maximum absolute atomic E-state index is 10.6. The standard InChI is InChI=1S/C4H4BrN3O2.C3H2BrN3O2/c1-8-4(10)6-3(9)2(5)7-8;4-1-2(8)5-3(9)7-6-1/h1H3,(H,6,9,10);(H2,5,7,8,9). The number of halogens is 2. The Hall–Kier alpha value is -1.82. The van der Waals surface area contributed by atoms with Gasteiger partial charge in [0.25, 0.3) is 11.1 Å². The van der Waals surface area contributed by atoms with Gasteiger partial charge in [0.2, 0.25) is 0 Å². The molecule has 0 aliphatic heterocycles. The van der Waals surface area contributed by atoms with Crippen LogP contribution in [0.4, 0.5) is 0 Å². The highest BCUT2D eigenvalue weighted by Gasteiger charge is 1.97. The van der Waals surface area contributed by atoms with Gasteiger partial charge in [-0.2, -0.15) is 10.2 Å². The molecular formula is C7H6Br2N6O4. The van der Waals surface area contributed by atoms with Crippen molar-refractivity contribution < 1.29 is 0 Å². The summed E-state index contributed by atoms with van der Waals surface area (Å²) in [6.45, 7) is 0. The molecule has 0 aliphatic carbocycles. The zero-order chi connectivity index (χ0) is 14.6. The van der Waals surface area contributed by atoms with Crippen molar-refractivity contribution in [2.45, 2.75) is 0 Å². The minimum Gasteiger partial charge on any atom is -0.271 e. The first kappa shape index (κ1) is 15.2. The van der Waals surface area contributed by atoms with E-state index in [4.69, 9.17) is 0 Å². The Morgan fingerprint density at radius 3 is 2.05 bits per heavy atom. The van der Waals surface area contributed by atoms with E-state index >= 15 is 0 Å². The van der Waals surface area contributed by atoms with Crippen LogP contribution in [0.1, 0.15) is 0 Å². The lowest BCUT2D eigenvalue weighted by Crippen LogP contribution is -2.30. The number of nitrogens with zero attached hydrogens (tertiary/aromatic N) is 3. The molecule has 12 heteroatoms. The third-order valence-corrected chi connectivity index (χ3v) is 2.67. The third-order valence-electron chi connectivity index (χ3n) is 1.61. The minimum absolute atomic E-state index is 0.0714. The van der Waals surface area contributed by atoms with Crippen molar-refractivity contribution in [1.29, 1.82) is 0 Å². The van der Waals surface area contributed by atoms with Gasteiger partial charge in [0, 0.05) is 7.05 Å². The van der Waals surface area contributed by atoms with E-state index in [1.807, 2.05) is 15.1 Å². The second-order valence-electron chi connectivity index (χ2n) is 2.97. The summed E-state index contributed by atoms with van der Waals surface area (Å²) in [6, 6.07) is 0. The number of H-pyrrole nitrogens is 3. The summed E-state index contributed by atoms with van der Waals surface area (Å²) in [5.41, 5.74) is -2.17. The van der Waals surface area contributed by atoms with Crippen molar-refractivity contribution in [2.75, 3.05) is 0 Å². The first-order valence-electron chi connectivity index (χ1n) is 4.49. The topological polar surface area (TPSA) is 146 Å². The number of hydrogen-bond donors (Lipinski definition) is 3. The Morgan fingerprint density at radius 1 is 1.00 bits per heavy atom. The molecule has 3 N–H and O–H groups in total. The highest BCUT2D eigenvalue weighted by Crippen LogP contribution is 1.89. The highest BCUT2D eigenvalue weighted by molar-refractivity contribution is 9.10. The summed E-state index contributed by atoms with van der Waals surface area (Å²) in [5, 5.41) is 8.90. The first-order valence-corrected chi connectivity index (χ1v) is 6.07. The van der Waals surface area contributed by atoms with Crippen molar-refractivity contribution in [2.24, 2.45) is 7.05 Å². The van der Waals surface area contributed by atoms with Gasteiger partial charge in [0.15, 0.2) is 9.21 Å².